The summed E-state index contributed by atoms with van der Waals surface area (Å²) in [7, 11) is 0. The fourth-order valence-corrected chi connectivity index (χ4v) is 2.69. The Kier molecular flexibility index (Phi) is 4.70. The van der Waals surface area contributed by atoms with E-state index in [0.717, 1.165) is 6.42 Å². The van der Waals surface area contributed by atoms with E-state index in [2.05, 4.69) is 4.99 Å². The second-order valence-electron chi connectivity index (χ2n) is 4.54. The Morgan fingerprint density at radius 1 is 1.55 bits per heavy atom. The summed E-state index contributed by atoms with van der Waals surface area (Å²) in [6.07, 6.45) is 1.14. The Morgan fingerprint density at radius 2 is 2.30 bits per heavy atom. The quantitative estimate of drug-likeness (QED) is 0.752. The third-order valence-electron chi connectivity index (χ3n) is 3.03. The molecule has 0 spiro atoms. The zero-order chi connectivity index (χ0) is 14.7. The highest BCUT2D eigenvalue weighted by Gasteiger charge is 2.25. The molecule has 1 heterocycles. The van der Waals surface area contributed by atoms with Crippen LogP contribution in [-0.4, -0.2) is 29.6 Å². The number of hydrogen-bond donors (Lipinski definition) is 0. The molecular weight excluding hydrogens is 372 g/mol. The van der Waals surface area contributed by atoms with Crippen LogP contribution in [0.2, 0.25) is 0 Å². The maximum atomic E-state index is 13.6. The van der Waals surface area contributed by atoms with Gasteiger partial charge in [0.1, 0.15) is 11.9 Å². The second-order valence-corrected chi connectivity index (χ2v) is 5.62. The molecule has 104 valence electrons. The molecule has 0 N–H and O–H groups in total. The smallest absolute Gasteiger partial charge is 0.228 e. The topological polar surface area (TPSA) is 56.5 Å². The maximum Gasteiger partial charge on any atom is 0.228 e. The third kappa shape index (κ3) is 2.98. The number of halogens is 2. The molecule has 6 heteroatoms. The third-order valence-corrected chi connectivity index (χ3v) is 4.06. The molecule has 0 atom stereocenters. The Morgan fingerprint density at radius 3 is 2.95 bits per heavy atom. The second kappa shape index (κ2) is 6.31. The van der Waals surface area contributed by atoms with Crippen molar-refractivity contribution in [2.24, 2.45) is 4.99 Å². The summed E-state index contributed by atoms with van der Waals surface area (Å²) in [5.74, 6) is -0.366. The molecule has 2 rings (SSSR count). The van der Waals surface area contributed by atoms with E-state index in [4.69, 9.17) is 5.26 Å². The number of rotatable bonds is 3. The van der Waals surface area contributed by atoms with Crippen LogP contribution in [-0.2, 0) is 4.79 Å². The summed E-state index contributed by atoms with van der Waals surface area (Å²) in [6.45, 7) is 3.17. The Bertz CT molecular complexity index is 622. The minimum atomic E-state index is -0.404. The lowest BCUT2D eigenvalue weighted by Crippen LogP contribution is -2.25. The number of hydrogen-bond acceptors (Lipinski definition) is 3. The lowest BCUT2D eigenvalue weighted by atomic mass is 10.2. The number of likely N-dealkylation sites (tertiary alicyclic amines) is 1. The van der Waals surface area contributed by atoms with Gasteiger partial charge in [0.15, 0.2) is 0 Å². The summed E-state index contributed by atoms with van der Waals surface area (Å²) in [5, 5.41) is 9.07. The summed E-state index contributed by atoms with van der Waals surface area (Å²) >= 11 is 1.84. The van der Waals surface area contributed by atoms with Gasteiger partial charge in [-0.15, -0.1) is 0 Å². The normalized spacial score (nSPS) is 16.8. The summed E-state index contributed by atoms with van der Waals surface area (Å²) in [4.78, 5) is 17.9. The Hall–Kier alpha value is -1.49. The van der Waals surface area contributed by atoms with E-state index in [1.54, 1.807) is 4.90 Å². The number of carbonyl (C=O) groups excluding carboxylic acids is 1. The molecule has 1 aromatic carbocycles. The van der Waals surface area contributed by atoms with Crippen LogP contribution in [0.5, 0.6) is 0 Å². The van der Waals surface area contributed by atoms with Gasteiger partial charge in [-0.05, 0) is 41.1 Å². The number of benzene rings is 1. The molecule has 0 saturated carbocycles. The minimum absolute atomic E-state index is 0.0375. The van der Waals surface area contributed by atoms with Crippen molar-refractivity contribution in [3.05, 3.63) is 27.1 Å². The molecule has 0 aliphatic carbocycles. The molecular formula is C14H13FIN3O. The van der Waals surface area contributed by atoms with Crippen LogP contribution in [0.25, 0.3) is 0 Å². The van der Waals surface area contributed by atoms with Gasteiger partial charge in [-0.2, -0.15) is 5.26 Å². The summed E-state index contributed by atoms with van der Waals surface area (Å²) in [5.41, 5.74) is 1.34. The first-order valence-electron chi connectivity index (χ1n) is 6.29. The van der Waals surface area contributed by atoms with Crippen molar-refractivity contribution in [3.63, 3.8) is 0 Å². The predicted molar refractivity (Wildman–Crippen MR) is 82.4 cm³/mol. The first-order valence-corrected chi connectivity index (χ1v) is 7.37. The van der Waals surface area contributed by atoms with Gasteiger partial charge in [0.2, 0.25) is 5.91 Å². The average molecular weight is 385 g/mol. The van der Waals surface area contributed by atoms with E-state index in [0.29, 0.717) is 33.6 Å². The van der Waals surface area contributed by atoms with Gasteiger partial charge >= 0.3 is 0 Å². The highest BCUT2D eigenvalue weighted by Crippen LogP contribution is 2.29. The van der Waals surface area contributed by atoms with Gasteiger partial charge < -0.3 is 4.90 Å². The van der Waals surface area contributed by atoms with Gasteiger partial charge in [-0.25, -0.2) is 4.39 Å². The van der Waals surface area contributed by atoms with E-state index >= 15 is 0 Å². The molecule has 4 nitrogen and oxygen atoms in total. The Balaban J connectivity index is 2.35. The summed E-state index contributed by atoms with van der Waals surface area (Å²) < 4.78 is 13.9. The fraction of sp³-hybridized carbons (Fsp3) is 0.357. The first-order chi connectivity index (χ1) is 9.56. The molecule has 1 saturated heterocycles. The van der Waals surface area contributed by atoms with Gasteiger partial charge in [0, 0.05) is 12.3 Å². The SMILES string of the molecule is CCCN1CC(=Nc2c(C#N)ccc(F)c2I)CC1=O. The van der Waals surface area contributed by atoms with Crippen molar-refractivity contribution in [1.82, 2.24) is 4.90 Å². The van der Waals surface area contributed by atoms with E-state index in [1.807, 2.05) is 35.6 Å². The van der Waals surface area contributed by atoms with Crippen molar-refractivity contribution in [2.75, 3.05) is 13.1 Å². The average Bonchev–Trinajstić information content (AvgIpc) is 2.76. The molecule has 0 radical (unpaired) electrons. The molecule has 0 unspecified atom stereocenters. The van der Waals surface area contributed by atoms with Crippen molar-refractivity contribution in [1.29, 1.82) is 5.26 Å². The van der Waals surface area contributed by atoms with Crippen LogP contribution in [0, 0.1) is 20.7 Å². The first kappa shape index (κ1) is 14.9. The standard InChI is InChI=1S/C14H13FIN3O/c1-2-5-19-8-10(6-12(19)20)18-14-9(7-17)3-4-11(15)13(14)16/h3-4H,2,5-6,8H2,1H3. The van der Waals surface area contributed by atoms with Gasteiger partial charge in [0.25, 0.3) is 0 Å². The van der Waals surface area contributed by atoms with Crippen LogP contribution in [0.3, 0.4) is 0 Å². The van der Waals surface area contributed by atoms with Crippen molar-refractivity contribution >= 4 is 39.9 Å². The zero-order valence-electron chi connectivity index (χ0n) is 11.0. The van der Waals surface area contributed by atoms with Crippen LogP contribution in [0.1, 0.15) is 25.3 Å². The molecule has 20 heavy (non-hydrogen) atoms. The predicted octanol–water partition coefficient (Wildman–Crippen LogP) is 3.02. The lowest BCUT2D eigenvalue weighted by Gasteiger charge is -2.12. The molecule has 1 fully saturated rings. The summed E-state index contributed by atoms with van der Waals surface area (Å²) in [6, 6.07) is 4.68. The number of nitrogens with zero attached hydrogens (tertiary/aromatic N) is 3. The molecule has 1 aliphatic heterocycles. The number of amides is 1. The Labute approximate surface area is 130 Å². The van der Waals surface area contributed by atoms with E-state index in [1.165, 1.54) is 12.1 Å². The number of aliphatic imine (C=N–C) groups is 1. The number of nitriles is 1. The molecule has 1 amide bonds. The molecule has 0 bridgehead atoms. The van der Waals surface area contributed by atoms with Gasteiger partial charge in [-0.3, -0.25) is 9.79 Å². The largest absolute Gasteiger partial charge is 0.337 e. The van der Waals surface area contributed by atoms with E-state index < -0.39 is 5.82 Å². The number of carbonyl (C=O) groups is 1. The fourth-order valence-electron chi connectivity index (χ4n) is 2.10. The van der Waals surface area contributed by atoms with Gasteiger partial charge in [0.05, 0.1) is 27.8 Å². The maximum absolute atomic E-state index is 13.6. The highest BCUT2D eigenvalue weighted by atomic mass is 127. The zero-order valence-corrected chi connectivity index (χ0v) is 13.1. The van der Waals surface area contributed by atoms with E-state index in [9.17, 15) is 9.18 Å². The minimum Gasteiger partial charge on any atom is -0.337 e. The van der Waals surface area contributed by atoms with Crippen LogP contribution >= 0.6 is 22.6 Å². The van der Waals surface area contributed by atoms with Crippen LogP contribution < -0.4 is 0 Å². The molecule has 0 aromatic heterocycles. The van der Waals surface area contributed by atoms with Gasteiger partial charge in [-0.1, -0.05) is 6.92 Å². The van der Waals surface area contributed by atoms with E-state index in [-0.39, 0.29) is 12.3 Å². The van der Waals surface area contributed by atoms with Crippen molar-refractivity contribution < 1.29 is 9.18 Å². The van der Waals surface area contributed by atoms with Crippen LogP contribution in [0.4, 0.5) is 10.1 Å². The highest BCUT2D eigenvalue weighted by molar-refractivity contribution is 14.1. The molecule has 1 aromatic rings. The van der Waals surface area contributed by atoms with Crippen molar-refractivity contribution in [2.45, 2.75) is 19.8 Å². The lowest BCUT2D eigenvalue weighted by molar-refractivity contribution is -0.127. The monoisotopic (exact) mass is 385 g/mol. The van der Waals surface area contributed by atoms with Crippen LogP contribution in [0.15, 0.2) is 17.1 Å². The molecule has 1 aliphatic rings. The van der Waals surface area contributed by atoms with Crippen molar-refractivity contribution in [3.8, 4) is 6.07 Å².